The summed E-state index contributed by atoms with van der Waals surface area (Å²) in [7, 11) is 0. The molecule has 52 heavy (non-hydrogen) atoms. The van der Waals surface area contributed by atoms with Crippen LogP contribution in [0.2, 0.25) is 0 Å². The fraction of sp³-hybridized carbons (Fsp3) is 0. The van der Waals surface area contributed by atoms with Crippen LogP contribution < -0.4 is 0 Å². The number of thiophene rings is 1. The normalized spacial score (nSPS) is 12.0. The van der Waals surface area contributed by atoms with Gasteiger partial charge in [0.15, 0.2) is 0 Å². The third-order valence-corrected chi connectivity index (χ3v) is 11.4. The maximum atomic E-state index is 2.39. The number of benzene rings is 8. The Balaban J connectivity index is 1.13. The summed E-state index contributed by atoms with van der Waals surface area (Å²) in [6, 6.07) is 70.6. The SMILES string of the molecule is C(=C(/c1cccc(-c2ccc3c4ccccc4n(-c4ccccc4)c3c2)c1)c1ccc2sc3ccccc3c2c1)/c1ccc(-c2ccccc2)cc1. The van der Waals surface area contributed by atoms with Crippen LogP contribution in [0.5, 0.6) is 0 Å². The first-order chi connectivity index (χ1) is 25.8. The minimum atomic E-state index is 1.17. The molecule has 2 aromatic heterocycles. The van der Waals surface area contributed by atoms with Gasteiger partial charge in [-0.05, 0) is 99.1 Å². The molecule has 0 fully saturated rings. The highest BCUT2D eigenvalue weighted by Crippen LogP contribution is 2.39. The van der Waals surface area contributed by atoms with Crippen molar-refractivity contribution < 1.29 is 0 Å². The molecule has 0 saturated heterocycles. The Morgan fingerprint density at radius 3 is 1.85 bits per heavy atom. The van der Waals surface area contributed by atoms with Crippen molar-refractivity contribution in [1.82, 2.24) is 4.57 Å². The van der Waals surface area contributed by atoms with Gasteiger partial charge in [-0.3, -0.25) is 0 Å². The predicted octanol–water partition coefficient (Wildman–Crippen LogP) is 14.1. The van der Waals surface area contributed by atoms with Gasteiger partial charge >= 0.3 is 0 Å². The van der Waals surface area contributed by atoms with Crippen molar-refractivity contribution in [2.24, 2.45) is 0 Å². The van der Waals surface area contributed by atoms with Gasteiger partial charge in [0.2, 0.25) is 0 Å². The fourth-order valence-electron chi connectivity index (χ4n) is 7.67. The molecule has 0 aliphatic rings. The summed E-state index contributed by atoms with van der Waals surface area (Å²) in [6.45, 7) is 0. The van der Waals surface area contributed by atoms with E-state index in [9.17, 15) is 0 Å². The summed E-state index contributed by atoms with van der Waals surface area (Å²) in [5, 5.41) is 5.14. The highest BCUT2D eigenvalue weighted by atomic mass is 32.1. The summed E-state index contributed by atoms with van der Waals surface area (Å²) in [4.78, 5) is 0. The number of hydrogen-bond acceptors (Lipinski definition) is 1. The van der Waals surface area contributed by atoms with Crippen molar-refractivity contribution in [1.29, 1.82) is 0 Å². The van der Waals surface area contributed by atoms with Crippen molar-refractivity contribution in [3.63, 3.8) is 0 Å². The van der Waals surface area contributed by atoms with Crippen LogP contribution in [0.15, 0.2) is 194 Å². The quantitative estimate of drug-likeness (QED) is 0.154. The maximum Gasteiger partial charge on any atom is 0.0547 e. The van der Waals surface area contributed by atoms with Crippen molar-refractivity contribution >= 4 is 65.0 Å². The molecule has 10 rings (SSSR count). The molecule has 0 amide bonds. The van der Waals surface area contributed by atoms with Gasteiger partial charge in [-0.1, -0.05) is 146 Å². The first-order valence-electron chi connectivity index (χ1n) is 17.8. The fourth-order valence-corrected chi connectivity index (χ4v) is 8.75. The molecule has 8 aromatic carbocycles. The van der Waals surface area contributed by atoms with E-state index in [1.165, 1.54) is 92.2 Å². The minimum Gasteiger partial charge on any atom is -0.309 e. The lowest BCUT2D eigenvalue weighted by Gasteiger charge is -2.13. The van der Waals surface area contributed by atoms with Gasteiger partial charge in [0, 0.05) is 36.6 Å². The first-order valence-corrected chi connectivity index (χ1v) is 18.6. The van der Waals surface area contributed by atoms with Crippen LogP contribution in [-0.4, -0.2) is 4.57 Å². The van der Waals surface area contributed by atoms with E-state index in [1.807, 2.05) is 11.3 Å². The van der Waals surface area contributed by atoms with Gasteiger partial charge in [0.1, 0.15) is 0 Å². The van der Waals surface area contributed by atoms with E-state index in [-0.39, 0.29) is 0 Å². The van der Waals surface area contributed by atoms with Gasteiger partial charge in [0.25, 0.3) is 0 Å². The maximum absolute atomic E-state index is 2.39. The average molecular weight is 680 g/mol. The monoisotopic (exact) mass is 679 g/mol. The van der Waals surface area contributed by atoms with Gasteiger partial charge in [0.05, 0.1) is 11.0 Å². The summed E-state index contributed by atoms with van der Waals surface area (Å²) in [6.07, 6.45) is 2.35. The summed E-state index contributed by atoms with van der Waals surface area (Å²) in [5.41, 5.74) is 13.2. The van der Waals surface area contributed by atoms with Gasteiger partial charge in [-0.15, -0.1) is 11.3 Å². The number of nitrogens with zero attached hydrogens (tertiary/aromatic N) is 1. The molecule has 2 heteroatoms. The van der Waals surface area contributed by atoms with E-state index in [0.29, 0.717) is 0 Å². The standard InChI is InChI=1S/C50H33NS/c1-3-12-35(13-4-1)36-24-22-34(23-25-36)30-45(40-27-29-50-46(32-40)44-19-8-10-21-49(44)52-50)39-15-11-14-37(31-39)38-26-28-43-42-18-7-9-20-47(42)51(48(43)33-38)41-16-5-2-6-17-41/h1-33H/b45-30+. The molecule has 1 nitrogen and oxygen atoms in total. The molecule has 0 bridgehead atoms. The van der Waals surface area contributed by atoms with Crippen molar-refractivity contribution in [2.45, 2.75) is 0 Å². The number of para-hydroxylation sites is 2. The number of hydrogen-bond donors (Lipinski definition) is 0. The molecule has 0 atom stereocenters. The van der Waals surface area contributed by atoms with Crippen LogP contribution in [0.4, 0.5) is 0 Å². The van der Waals surface area contributed by atoms with E-state index in [1.54, 1.807) is 0 Å². The third kappa shape index (κ3) is 5.33. The molecule has 0 aliphatic heterocycles. The van der Waals surface area contributed by atoms with E-state index >= 15 is 0 Å². The molecule has 0 saturated carbocycles. The number of rotatable bonds is 6. The molecule has 0 aliphatic carbocycles. The summed E-state index contributed by atoms with van der Waals surface area (Å²) < 4.78 is 5.03. The molecular formula is C50H33NS. The summed E-state index contributed by atoms with van der Waals surface area (Å²) >= 11 is 1.86. The smallest absolute Gasteiger partial charge is 0.0547 e. The van der Waals surface area contributed by atoms with E-state index in [2.05, 4.69) is 205 Å². The van der Waals surface area contributed by atoms with Gasteiger partial charge in [-0.2, -0.15) is 0 Å². The number of fused-ring (bicyclic) bond motifs is 6. The van der Waals surface area contributed by atoms with Crippen molar-refractivity contribution in [2.75, 3.05) is 0 Å². The zero-order valence-corrected chi connectivity index (χ0v) is 29.2. The van der Waals surface area contributed by atoms with Crippen LogP contribution in [0, 0.1) is 0 Å². The lowest BCUT2D eigenvalue weighted by atomic mass is 9.92. The minimum absolute atomic E-state index is 1.17. The first kappa shape index (κ1) is 30.4. The second-order valence-electron chi connectivity index (χ2n) is 13.4. The Labute approximate surface area is 307 Å². The predicted molar refractivity (Wildman–Crippen MR) is 224 cm³/mol. The zero-order chi connectivity index (χ0) is 34.4. The molecule has 244 valence electrons. The van der Waals surface area contributed by atoms with E-state index in [0.717, 1.165) is 0 Å². The van der Waals surface area contributed by atoms with Crippen molar-refractivity contribution in [3.05, 3.63) is 211 Å². The lowest BCUT2D eigenvalue weighted by molar-refractivity contribution is 1.18. The molecule has 2 heterocycles. The second-order valence-corrected chi connectivity index (χ2v) is 14.4. The lowest BCUT2D eigenvalue weighted by Crippen LogP contribution is -1.93. The van der Waals surface area contributed by atoms with Crippen LogP contribution in [0.3, 0.4) is 0 Å². The van der Waals surface area contributed by atoms with E-state index < -0.39 is 0 Å². The molecule has 10 aromatic rings. The van der Waals surface area contributed by atoms with E-state index in [4.69, 9.17) is 0 Å². The van der Waals surface area contributed by atoms with Crippen LogP contribution in [-0.2, 0) is 0 Å². The van der Waals surface area contributed by atoms with Gasteiger partial charge < -0.3 is 4.57 Å². The van der Waals surface area contributed by atoms with Crippen molar-refractivity contribution in [3.8, 4) is 27.9 Å². The Morgan fingerprint density at radius 2 is 1.00 bits per heavy atom. The van der Waals surface area contributed by atoms with Gasteiger partial charge in [-0.25, -0.2) is 0 Å². The molecule has 0 N–H and O–H groups in total. The Morgan fingerprint density at radius 1 is 0.385 bits per heavy atom. The molecule has 0 unspecified atom stereocenters. The van der Waals surface area contributed by atoms with Crippen LogP contribution in [0.25, 0.3) is 81.6 Å². The highest BCUT2D eigenvalue weighted by Gasteiger charge is 2.15. The Kier molecular flexibility index (Phi) is 7.41. The Hall–Kier alpha value is -6.48. The third-order valence-electron chi connectivity index (χ3n) is 10.2. The highest BCUT2D eigenvalue weighted by molar-refractivity contribution is 7.25. The molecular weight excluding hydrogens is 647 g/mol. The molecule has 0 spiro atoms. The number of aromatic nitrogens is 1. The van der Waals surface area contributed by atoms with Crippen LogP contribution >= 0.6 is 11.3 Å². The zero-order valence-electron chi connectivity index (χ0n) is 28.4. The second kappa shape index (κ2) is 12.7. The molecule has 0 radical (unpaired) electrons. The average Bonchev–Trinajstić information content (AvgIpc) is 3.76. The Bertz CT molecular complexity index is 2930. The van der Waals surface area contributed by atoms with Crippen LogP contribution in [0.1, 0.15) is 16.7 Å². The largest absolute Gasteiger partial charge is 0.309 e. The topological polar surface area (TPSA) is 4.93 Å². The summed E-state index contributed by atoms with van der Waals surface area (Å²) in [5.74, 6) is 0.